The molecule has 2 saturated heterocycles. The molecule has 0 bridgehead atoms. The van der Waals surface area contributed by atoms with Crippen molar-refractivity contribution in [3.05, 3.63) is 71.0 Å². The van der Waals surface area contributed by atoms with Crippen molar-refractivity contribution in [2.45, 2.75) is 37.4 Å². The first-order valence-electron chi connectivity index (χ1n) is 11.1. The molecule has 0 aromatic heterocycles. The number of nitrogens with zero attached hydrogens (tertiary/aromatic N) is 1. The van der Waals surface area contributed by atoms with Crippen LogP contribution >= 0.6 is 0 Å². The van der Waals surface area contributed by atoms with Crippen LogP contribution in [0.2, 0.25) is 0 Å². The maximum absolute atomic E-state index is 13.8. The molecule has 2 aliphatic rings. The number of esters is 1. The van der Waals surface area contributed by atoms with Crippen molar-refractivity contribution in [2.75, 3.05) is 26.7 Å². The third kappa shape index (κ3) is 5.06. The summed E-state index contributed by atoms with van der Waals surface area (Å²) in [5.41, 5.74) is 0.661. The number of halogens is 1. The van der Waals surface area contributed by atoms with E-state index in [1.165, 1.54) is 19.2 Å². The second kappa shape index (κ2) is 9.70. The quantitative estimate of drug-likeness (QED) is 0.702. The zero-order valence-electron chi connectivity index (χ0n) is 18.5. The summed E-state index contributed by atoms with van der Waals surface area (Å²) in [6.07, 6.45) is 2.98. The second-order valence-electron chi connectivity index (χ2n) is 8.51. The van der Waals surface area contributed by atoms with E-state index in [1.807, 2.05) is 0 Å². The molecule has 2 amide bonds. The number of methoxy groups -OCH3 is 1. The summed E-state index contributed by atoms with van der Waals surface area (Å²) >= 11 is 0. The Labute approximate surface area is 191 Å². The molecule has 2 aliphatic heterocycles. The van der Waals surface area contributed by atoms with Gasteiger partial charge in [0.15, 0.2) is 0 Å². The minimum Gasteiger partial charge on any atom is -0.465 e. The normalized spacial score (nSPS) is 19.3. The van der Waals surface area contributed by atoms with Crippen LogP contribution in [-0.2, 0) is 9.47 Å². The highest BCUT2D eigenvalue weighted by atomic mass is 19.1. The van der Waals surface area contributed by atoms with Gasteiger partial charge in [0.25, 0.3) is 11.8 Å². The van der Waals surface area contributed by atoms with Gasteiger partial charge in [-0.05, 0) is 62.1 Å². The number of carbonyl (C=O) groups excluding carboxylic acids is 3. The summed E-state index contributed by atoms with van der Waals surface area (Å²) in [5, 5.41) is 2.77. The highest BCUT2D eigenvalue weighted by Gasteiger charge is 2.43. The number of hydrogen-bond acceptors (Lipinski definition) is 5. The van der Waals surface area contributed by atoms with E-state index in [1.54, 1.807) is 41.3 Å². The largest absolute Gasteiger partial charge is 0.465 e. The molecular weight excluding hydrogens is 427 g/mol. The van der Waals surface area contributed by atoms with Gasteiger partial charge in [-0.15, -0.1) is 0 Å². The SMILES string of the molecule is COC(=O)c1ccc(C(=O)N2CCC3(CC[C@H](CNC(=O)c4ccccc4F)O3)CC2)cc1. The van der Waals surface area contributed by atoms with E-state index in [9.17, 15) is 18.8 Å². The fraction of sp³-hybridized carbons (Fsp3) is 0.400. The van der Waals surface area contributed by atoms with Crippen LogP contribution in [0, 0.1) is 5.82 Å². The van der Waals surface area contributed by atoms with E-state index in [0.717, 1.165) is 25.7 Å². The first-order valence-corrected chi connectivity index (χ1v) is 11.1. The fourth-order valence-electron chi connectivity index (χ4n) is 4.52. The number of ether oxygens (including phenoxy) is 2. The van der Waals surface area contributed by atoms with Crippen molar-refractivity contribution >= 4 is 17.8 Å². The first-order chi connectivity index (χ1) is 15.9. The lowest BCUT2D eigenvalue weighted by molar-refractivity contribution is -0.0712. The summed E-state index contributed by atoms with van der Waals surface area (Å²) in [6.45, 7) is 1.47. The van der Waals surface area contributed by atoms with Crippen LogP contribution in [0.15, 0.2) is 48.5 Å². The van der Waals surface area contributed by atoms with Gasteiger partial charge in [-0.2, -0.15) is 0 Å². The Morgan fingerprint density at radius 2 is 1.73 bits per heavy atom. The molecule has 0 saturated carbocycles. The van der Waals surface area contributed by atoms with Gasteiger partial charge < -0.3 is 19.7 Å². The maximum Gasteiger partial charge on any atom is 0.337 e. The highest BCUT2D eigenvalue weighted by molar-refractivity contribution is 5.96. The monoisotopic (exact) mass is 454 g/mol. The topological polar surface area (TPSA) is 84.9 Å². The standard InChI is InChI=1S/C25H27FN2O5/c1-32-24(31)18-8-6-17(7-9-18)23(30)28-14-12-25(13-15-28)11-10-19(33-25)16-27-22(29)20-4-2-3-5-21(20)26/h2-9,19H,10-16H2,1H3,(H,27,29)/t19-/m1/s1. The van der Waals surface area contributed by atoms with Crippen molar-refractivity contribution in [2.24, 2.45) is 0 Å². The van der Waals surface area contributed by atoms with Gasteiger partial charge >= 0.3 is 5.97 Å². The van der Waals surface area contributed by atoms with Crippen molar-refractivity contribution in [1.82, 2.24) is 10.2 Å². The number of carbonyl (C=O) groups is 3. The molecule has 1 atom stereocenters. The number of benzene rings is 2. The number of rotatable bonds is 5. The molecule has 0 aliphatic carbocycles. The van der Waals surface area contributed by atoms with Crippen LogP contribution in [0.1, 0.15) is 56.8 Å². The molecule has 0 unspecified atom stereocenters. The van der Waals surface area contributed by atoms with Gasteiger partial charge in [-0.3, -0.25) is 9.59 Å². The number of nitrogens with one attached hydrogen (secondary N) is 1. The molecule has 174 valence electrons. The number of amides is 2. The zero-order valence-corrected chi connectivity index (χ0v) is 18.5. The van der Waals surface area contributed by atoms with Crippen LogP contribution in [-0.4, -0.2) is 61.1 Å². The summed E-state index contributed by atoms with van der Waals surface area (Å²) < 4.78 is 24.8. The van der Waals surface area contributed by atoms with Crippen molar-refractivity contribution in [1.29, 1.82) is 0 Å². The predicted octanol–water partition coefficient (Wildman–Crippen LogP) is 3.20. The Morgan fingerprint density at radius 1 is 1.06 bits per heavy atom. The molecular formula is C25H27FN2O5. The number of piperidine rings is 1. The predicted molar refractivity (Wildman–Crippen MR) is 118 cm³/mol. The van der Waals surface area contributed by atoms with Crippen LogP contribution in [0.4, 0.5) is 4.39 Å². The van der Waals surface area contributed by atoms with E-state index >= 15 is 0 Å². The lowest BCUT2D eigenvalue weighted by Gasteiger charge is -2.39. The number of hydrogen-bond donors (Lipinski definition) is 1. The minimum absolute atomic E-state index is 0.0247. The van der Waals surface area contributed by atoms with Crippen LogP contribution < -0.4 is 5.32 Å². The third-order valence-electron chi connectivity index (χ3n) is 6.46. The van der Waals surface area contributed by atoms with Gasteiger partial charge in [0.2, 0.25) is 0 Å². The molecule has 2 heterocycles. The van der Waals surface area contributed by atoms with E-state index < -0.39 is 17.7 Å². The average Bonchev–Trinajstić information content (AvgIpc) is 3.24. The van der Waals surface area contributed by atoms with Gasteiger partial charge in [0.1, 0.15) is 5.82 Å². The molecule has 7 nitrogen and oxygen atoms in total. The Kier molecular flexibility index (Phi) is 6.74. The van der Waals surface area contributed by atoms with E-state index in [0.29, 0.717) is 30.8 Å². The van der Waals surface area contributed by atoms with Gasteiger partial charge in [0.05, 0.1) is 29.9 Å². The third-order valence-corrected chi connectivity index (χ3v) is 6.46. The molecule has 0 radical (unpaired) electrons. The van der Waals surface area contributed by atoms with Crippen LogP contribution in [0.3, 0.4) is 0 Å². The van der Waals surface area contributed by atoms with E-state index in [4.69, 9.17) is 4.74 Å². The number of likely N-dealkylation sites (tertiary alicyclic amines) is 1. The van der Waals surface area contributed by atoms with Gasteiger partial charge in [-0.25, -0.2) is 9.18 Å². The molecule has 2 aromatic carbocycles. The van der Waals surface area contributed by atoms with Crippen LogP contribution in [0.25, 0.3) is 0 Å². The Bertz CT molecular complexity index is 1030. The highest BCUT2D eigenvalue weighted by Crippen LogP contribution is 2.39. The Balaban J connectivity index is 1.27. The lowest BCUT2D eigenvalue weighted by atomic mass is 9.88. The molecule has 1 N–H and O–H groups in total. The van der Waals surface area contributed by atoms with Gasteiger partial charge in [0, 0.05) is 25.2 Å². The van der Waals surface area contributed by atoms with Crippen molar-refractivity contribution in [3.8, 4) is 0 Å². The molecule has 33 heavy (non-hydrogen) atoms. The van der Waals surface area contributed by atoms with E-state index in [-0.39, 0.29) is 23.2 Å². The second-order valence-corrected chi connectivity index (χ2v) is 8.51. The Hall–Kier alpha value is -3.26. The smallest absolute Gasteiger partial charge is 0.337 e. The molecule has 1 spiro atoms. The van der Waals surface area contributed by atoms with Crippen LogP contribution in [0.5, 0.6) is 0 Å². The summed E-state index contributed by atoms with van der Waals surface area (Å²) in [7, 11) is 1.32. The zero-order chi connectivity index (χ0) is 23.4. The summed E-state index contributed by atoms with van der Waals surface area (Å²) in [4.78, 5) is 38.5. The fourth-order valence-corrected chi connectivity index (χ4v) is 4.52. The summed E-state index contributed by atoms with van der Waals surface area (Å²) in [5.74, 6) is -1.51. The maximum atomic E-state index is 13.8. The molecule has 2 fully saturated rings. The van der Waals surface area contributed by atoms with E-state index in [2.05, 4.69) is 10.1 Å². The van der Waals surface area contributed by atoms with Crippen molar-refractivity contribution < 1.29 is 28.2 Å². The lowest BCUT2D eigenvalue weighted by Crippen LogP contribution is -2.47. The molecule has 8 heteroatoms. The van der Waals surface area contributed by atoms with Gasteiger partial charge in [-0.1, -0.05) is 12.1 Å². The Morgan fingerprint density at radius 3 is 2.39 bits per heavy atom. The van der Waals surface area contributed by atoms with Crippen molar-refractivity contribution in [3.63, 3.8) is 0 Å². The molecule has 4 rings (SSSR count). The first kappa shape index (κ1) is 22.9. The average molecular weight is 454 g/mol. The molecule has 2 aromatic rings. The minimum atomic E-state index is -0.546. The summed E-state index contributed by atoms with van der Waals surface area (Å²) in [6, 6.07) is 12.3.